The van der Waals surface area contributed by atoms with E-state index in [0.29, 0.717) is 12.3 Å². The van der Waals surface area contributed by atoms with Gasteiger partial charge in [-0.3, -0.25) is 25.7 Å². The molecule has 8 heteroatoms. The Bertz CT molecular complexity index is 630. The van der Waals surface area contributed by atoms with Crippen molar-refractivity contribution in [2.45, 2.75) is 51.6 Å². The fourth-order valence-corrected chi connectivity index (χ4v) is 2.74. The number of benzene rings is 1. The number of nitro benzene ring substituents is 1. The van der Waals surface area contributed by atoms with Crippen molar-refractivity contribution < 1.29 is 14.5 Å². The Morgan fingerprint density at radius 2 is 2.12 bits per heavy atom. The third-order valence-corrected chi connectivity index (χ3v) is 4.08. The highest BCUT2D eigenvalue weighted by Gasteiger charge is 2.25. The average Bonchev–Trinajstić information content (AvgIpc) is 2.61. The molecule has 0 unspecified atom stereocenters. The van der Waals surface area contributed by atoms with Crippen LogP contribution in [0.3, 0.4) is 0 Å². The van der Waals surface area contributed by atoms with E-state index in [2.05, 4.69) is 15.8 Å². The molecule has 8 nitrogen and oxygen atoms in total. The number of rotatable bonds is 7. The van der Waals surface area contributed by atoms with Crippen LogP contribution in [-0.2, 0) is 9.53 Å². The Morgan fingerprint density at radius 3 is 2.76 bits per heavy atom. The van der Waals surface area contributed by atoms with Crippen molar-refractivity contribution in [3.63, 3.8) is 0 Å². The maximum Gasteiger partial charge on any atom is 0.322 e. The molecule has 0 radical (unpaired) electrons. The molecule has 0 heterocycles. The Balaban J connectivity index is 2.00. The third kappa shape index (κ3) is 5.53. The number of nitro groups is 1. The van der Waals surface area contributed by atoms with Crippen molar-refractivity contribution >= 4 is 23.1 Å². The summed E-state index contributed by atoms with van der Waals surface area (Å²) in [6.07, 6.45) is 3.87. The number of hydrazone groups is 1. The first-order valence-electron chi connectivity index (χ1n) is 8.51. The van der Waals surface area contributed by atoms with E-state index in [0.717, 1.165) is 31.4 Å². The van der Waals surface area contributed by atoms with E-state index in [1.54, 1.807) is 26.0 Å². The molecule has 0 spiro atoms. The van der Waals surface area contributed by atoms with Gasteiger partial charge in [-0.1, -0.05) is 6.42 Å². The lowest BCUT2D eigenvalue weighted by Crippen LogP contribution is -2.47. The summed E-state index contributed by atoms with van der Waals surface area (Å²) >= 11 is 0. The lowest BCUT2D eigenvalue weighted by molar-refractivity contribution is -0.384. The number of carbonyl (C=O) groups is 1. The van der Waals surface area contributed by atoms with Crippen LogP contribution in [0.2, 0.25) is 0 Å². The molecule has 0 aromatic heterocycles. The number of hydrogen-bond donors (Lipinski definition) is 2. The predicted octanol–water partition coefficient (Wildman–Crippen LogP) is 2.85. The molecule has 0 amide bonds. The highest BCUT2D eigenvalue weighted by Crippen LogP contribution is 2.19. The molecule has 0 saturated heterocycles. The van der Waals surface area contributed by atoms with Gasteiger partial charge >= 0.3 is 5.97 Å². The van der Waals surface area contributed by atoms with E-state index in [-0.39, 0.29) is 17.7 Å². The second-order valence-corrected chi connectivity index (χ2v) is 5.96. The predicted molar refractivity (Wildman–Crippen MR) is 95.6 cm³/mol. The van der Waals surface area contributed by atoms with Crippen molar-refractivity contribution in [2.75, 3.05) is 12.0 Å². The van der Waals surface area contributed by atoms with Gasteiger partial charge in [0.05, 0.1) is 22.9 Å². The van der Waals surface area contributed by atoms with E-state index in [1.165, 1.54) is 12.1 Å². The zero-order chi connectivity index (χ0) is 18.2. The highest BCUT2D eigenvalue weighted by atomic mass is 16.6. The molecule has 0 bridgehead atoms. The monoisotopic (exact) mass is 348 g/mol. The second kappa shape index (κ2) is 9.12. The number of ether oxygens (including phenoxy) is 1. The summed E-state index contributed by atoms with van der Waals surface area (Å²) in [5.74, 6) is -0.268. The zero-order valence-corrected chi connectivity index (χ0v) is 14.5. The first-order valence-corrected chi connectivity index (χ1v) is 8.51. The van der Waals surface area contributed by atoms with Crippen LogP contribution in [0.15, 0.2) is 29.4 Å². The molecule has 2 N–H and O–H groups in total. The van der Waals surface area contributed by atoms with Crippen molar-refractivity contribution in [1.29, 1.82) is 0 Å². The minimum atomic E-state index is -0.437. The number of non-ortho nitro benzene ring substituents is 1. The Morgan fingerprint density at radius 1 is 1.40 bits per heavy atom. The van der Waals surface area contributed by atoms with Gasteiger partial charge in [0.2, 0.25) is 0 Å². The van der Waals surface area contributed by atoms with Gasteiger partial charge in [-0.15, -0.1) is 0 Å². The number of nitrogens with one attached hydrogen (secondary N) is 2. The van der Waals surface area contributed by atoms with Crippen molar-refractivity contribution in [3.8, 4) is 0 Å². The van der Waals surface area contributed by atoms with Crippen LogP contribution in [0.25, 0.3) is 0 Å². The molecule has 2 atom stereocenters. The van der Waals surface area contributed by atoms with E-state index >= 15 is 0 Å². The average molecular weight is 348 g/mol. The topological polar surface area (TPSA) is 106 Å². The lowest BCUT2D eigenvalue weighted by atomic mass is 9.93. The van der Waals surface area contributed by atoms with Crippen LogP contribution < -0.4 is 10.7 Å². The highest BCUT2D eigenvalue weighted by molar-refractivity contribution is 5.91. The van der Waals surface area contributed by atoms with Gasteiger partial charge in [0.1, 0.15) is 6.04 Å². The third-order valence-electron chi connectivity index (χ3n) is 4.08. The van der Waals surface area contributed by atoms with Gasteiger partial charge in [-0.25, -0.2) is 0 Å². The summed E-state index contributed by atoms with van der Waals surface area (Å²) in [5.41, 5.74) is 4.61. The number of anilines is 1. The fraction of sp³-hybridized carbons (Fsp3) is 0.529. The minimum absolute atomic E-state index is 0.0127. The van der Waals surface area contributed by atoms with Gasteiger partial charge in [0.25, 0.3) is 5.69 Å². The van der Waals surface area contributed by atoms with Gasteiger partial charge in [-0.2, -0.15) is 5.10 Å². The number of esters is 1. The Labute approximate surface area is 146 Å². The van der Waals surface area contributed by atoms with E-state index in [4.69, 9.17) is 4.74 Å². The summed E-state index contributed by atoms with van der Waals surface area (Å²) in [7, 11) is 0. The van der Waals surface area contributed by atoms with Crippen molar-refractivity contribution in [3.05, 3.63) is 34.4 Å². The quantitative estimate of drug-likeness (QED) is 0.446. The van der Waals surface area contributed by atoms with E-state index < -0.39 is 11.0 Å². The molecule has 25 heavy (non-hydrogen) atoms. The molecule has 1 saturated carbocycles. The van der Waals surface area contributed by atoms with Crippen LogP contribution in [-0.4, -0.2) is 35.3 Å². The molecule has 0 aliphatic heterocycles. The molecule has 1 aromatic rings. The molecule has 1 aliphatic rings. The standard InChI is InChI=1S/C17H24N4O4/c1-3-25-17(22)12(2)18-15-6-4-5-7-16(15)20-19-13-8-10-14(11-9-13)21(23)24/h8-12,15,18-19H,3-7H2,1-2H3/b20-16+/t12-,15-/m0/s1. The first kappa shape index (κ1) is 18.9. The fourth-order valence-electron chi connectivity index (χ4n) is 2.74. The summed E-state index contributed by atoms with van der Waals surface area (Å²) in [6, 6.07) is 5.72. The van der Waals surface area contributed by atoms with Crippen LogP contribution in [0.1, 0.15) is 39.5 Å². The minimum Gasteiger partial charge on any atom is -0.465 e. The molecule has 1 fully saturated rings. The van der Waals surface area contributed by atoms with E-state index in [9.17, 15) is 14.9 Å². The molecular formula is C17H24N4O4. The number of nitrogens with zero attached hydrogens (tertiary/aromatic N) is 2. The van der Waals surface area contributed by atoms with Gasteiger partial charge in [0.15, 0.2) is 0 Å². The summed E-state index contributed by atoms with van der Waals surface area (Å²) in [4.78, 5) is 22.0. The summed E-state index contributed by atoms with van der Waals surface area (Å²) in [6.45, 7) is 3.93. The maximum absolute atomic E-state index is 11.8. The van der Waals surface area contributed by atoms with Crippen molar-refractivity contribution in [1.82, 2.24) is 5.32 Å². The van der Waals surface area contributed by atoms with Crippen LogP contribution in [0.5, 0.6) is 0 Å². The largest absolute Gasteiger partial charge is 0.465 e. The normalized spacial score (nSPS) is 20.1. The summed E-state index contributed by atoms with van der Waals surface area (Å²) < 4.78 is 5.03. The van der Waals surface area contributed by atoms with E-state index in [1.807, 2.05) is 0 Å². The first-order chi connectivity index (χ1) is 12.0. The van der Waals surface area contributed by atoms with Crippen LogP contribution >= 0.6 is 0 Å². The molecule has 1 aromatic carbocycles. The second-order valence-electron chi connectivity index (χ2n) is 5.96. The zero-order valence-electron chi connectivity index (χ0n) is 14.5. The molecule has 1 aliphatic carbocycles. The van der Waals surface area contributed by atoms with Crippen LogP contribution in [0, 0.1) is 10.1 Å². The maximum atomic E-state index is 11.8. The van der Waals surface area contributed by atoms with Crippen molar-refractivity contribution in [2.24, 2.45) is 5.10 Å². The Kier molecular flexibility index (Phi) is 6.88. The summed E-state index contributed by atoms with van der Waals surface area (Å²) in [5, 5.41) is 18.4. The lowest BCUT2D eigenvalue weighted by Gasteiger charge is -2.27. The SMILES string of the molecule is CCOC(=O)[C@H](C)N[C@H]1CCCC/C1=N\Nc1ccc([N+](=O)[O-])cc1. The molecule has 2 rings (SSSR count). The molecular weight excluding hydrogens is 324 g/mol. The van der Waals surface area contributed by atoms with Crippen LogP contribution in [0.4, 0.5) is 11.4 Å². The van der Waals surface area contributed by atoms with Gasteiger partial charge < -0.3 is 4.74 Å². The van der Waals surface area contributed by atoms with Gasteiger partial charge in [-0.05, 0) is 45.2 Å². The molecule has 136 valence electrons. The number of hydrogen-bond acceptors (Lipinski definition) is 7. The Hall–Kier alpha value is -2.48. The van der Waals surface area contributed by atoms with Gasteiger partial charge in [0, 0.05) is 18.2 Å². The number of carbonyl (C=O) groups excluding carboxylic acids is 1. The smallest absolute Gasteiger partial charge is 0.322 e.